The monoisotopic (exact) mass is 3030 g/mol. The second kappa shape index (κ2) is 62.7. The fraction of sp³-hybridized carbons (Fsp3) is 0.0485. The number of aromatic hydroxyl groups is 9. The van der Waals surface area contributed by atoms with Crippen molar-refractivity contribution in [2.45, 2.75) is 35.1 Å². The van der Waals surface area contributed by atoms with Gasteiger partial charge in [0, 0.05) is 108 Å². The normalized spacial score (nSPS) is 10.7. The van der Waals surface area contributed by atoms with Gasteiger partial charge in [-0.25, -0.2) is 38.0 Å². The van der Waals surface area contributed by atoms with Crippen LogP contribution in [0.3, 0.4) is 0 Å². The summed E-state index contributed by atoms with van der Waals surface area (Å²) < 4.78 is 11.4. The lowest BCUT2D eigenvalue weighted by molar-refractivity contribution is 0.0944. The average molecular weight is 3050 g/mol. The molecule has 14 rings (SSSR count). The average Bonchev–Trinajstić information content (AvgIpc) is 0.844. The highest BCUT2D eigenvalue weighted by atomic mass is 79.9. The Kier molecular flexibility index (Phi) is 52.5. The van der Waals surface area contributed by atoms with Crippen LogP contribution in [0.5, 0.6) is 51.7 Å². The number of hydrogen-bond acceptors (Lipinski definition) is 23. The Morgan fingerprint density at radius 3 is 0.893 bits per heavy atom. The Labute approximate surface area is 988 Å². The van der Waals surface area contributed by atoms with Crippen molar-refractivity contribution in [1.82, 2.24) is 38.0 Å². The first kappa shape index (κ1) is 125. The summed E-state index contributed by atoms with van der Waals surface area (Å²) in [5.74, 6) is -2.54. The highest BCUT2D eigenvalue weighted by molar-refractivity contribution is 9.13. The number of rotatable bonds is 21. The van der Waals surface area contributed by atoms with Gasteiger partial charge in [0.25, 0.3) is 41.4 Å². The molecule has 0 aliphatic heterocycles. The van der Waals surface area contributed by atoms with Gasteiger partial charge in [-0.3, -0.25) is 33.6 Å². The summed E-state index contributed by atoms with van der Waals surface area (Å²) in [5, 5.41) is 114. The van der Waals surface area contributed by atoms with E-state index < -0.39 is 11.8 Å². The second-order valence-corrected chi connectivity index (χ2v) is 44.1. The molecule has 149 heavy (non-hydrogen) atoms. The first-order valence-electron chi connectivity index (χ1n) is 41.6. The van der Waals surface area contributed by atoms with Gasteiger partial charge in [-0.15, -0.1) is 0 Å². The third kappa shape index (κ3) is 41.6. The Balaban J connectivity index is 0.000000235. The maximum Gasteiger partial charge on any atom is 0.275 e. The Morgan fingerprint density at radius 1 is 0.208 bits per heavy atom. The predicted octanol–water partition coefficient (Wildman–Crippen LogP) is 28.6. The van der Waals surface area contributed by atoms with Crippen LogP contribution in [0.4, 0.5) is 0 Å². The van der Waals surface area contributed by atoms with E-state index in [1.165, 1.54) is 79.9 Å². The van der Waals surface area contributed by atoms with Crippen LogP contribution in [0.25, 0.3) is 0 Å². The minimum atomic E-state index is -0.566. The zero-order valence-electron chi connectivity index (χ0n) is 76.3. The van der Waals surface area contributed by atoms with Crippen LogP contribution in [-0.4, -0.2) is 131 Å². The second-order valence-electron chi connectivity index (χ2n) is 29.8. The third-order valence-electron chi connectivity index (χ3n) is 18.7. The van der Waals surface area contributed by atoms with E-state index in [1.54, 1.807) is 176 Å². The number of carbonyl (C=O) groups is 7. The quantitative estimate of drug-likeness (QED) is 0.0235. The van der Waals surface area contributed by atoms with Crippen LogP contribution in [0.1, 0.15) is 141 Å². The standard InChI is InChI=1S/C16H15BrN2O2.2C15H12Br2N2O2.C14H9Br3N2O3.2C14H9Br3N2O2.C14H10Br2N2O3.CH4/c1-10-7-12(15(20)14(17)8-10)9-18-19-16(21)13-6-4-3-5-11(13)2;1-9-2-3-10(14(20)6-9)8-18-19-15(21)12-7-11(16)4-5-13(12)17;1-9-5-11(14(20)13(17)6-9)8-18-19-15(21)10-3-2-4-12(16)7-10;15-8-1-2-12(20)10(4-8)14(22)19-18-6-7-3-9(16)5-11(17)13(7)21;15-9-2-4-13(20)8(5-9)7-18-19-14(21)11-6-10(16)1-3-12(11)17;15-9-2-4-13(20)8(5-9)7-18-19-14(21)11-3-1-10(16)6-12(11)17;15-9-1-3-12(19)8(5-9)7-17-18-14(21)11-6-10(16)2-4-13(11)20;/h3-9,20H,1-2H3,(H,19,21);2*2-8,20H,1H3,(H,19,21);1-6,20-21H,(H,19,22);2*1-7,20H,(H,19,21);1-7,19-20H,(H,18,21);1H4/b18-9+;2*18-8+;18-6+;2*18-7+;17-7+;. The molecule has 0 fully saturated rings. The molecular formula is C103H80Br16N14O16. The van der Waals surface area contributed by atoms with E-state index in [1.807, 2.05) is 64.1 Å². The van der Waals surface area contributed by atoms with E-state index in [9.17, 15) is 79.5 Å². The summed E-state index contributed by atoms with van der Waals surface area (Å²) in [6.07, 6.45) is 9.60. The van der Waals surface area contributed by atoms with Gasteiger partial charge in [0.1, 0.15) is 51.7 Å². The zero-order chi connectivity index (χ0) is 109. The van der Waals surface area contributed by atoms with Crippen LogP contribution in [-0.2, 0) is 0 Å². The molecule has 0 heterocycles. The molecule has 7 amide bonds. The topological polar surface area (TPSA) is 472 Å². The Bertz CT molecular complexity index is 7370. The minimum Gasteiger partial charge on any atom is -0.507 e. The highest BCUT2D eigenvalue weighted by Gasteiger charge is 2.19. The maximum absolute atomic E-state index is 12.0. The number of phenolic OH excluding ortho intramolecular Hbond substituents is 9. The molecule has 0 saturated heterocycles. The fourth-order valence-corrected chi connectivity index (χ4v) is 19.0. The number of benzene rings is 14. The van der Waals surface area contributed by atoms with Gasteiger partial charge in [0.05, 0.1) is 84.7 Å². The number of aryl methyl sites for hydroxylation is 4. The van der Waals surface area contributed by atoms with Crippen molar-refractivity contribution >= 4 is 340 Å². The fourth-order valence-electron chi connectivity index (χ4n) is 11.5. The van der Waals surface area contributed by atoms with E-state index in [0.717, 1.165) is 58.0 Å². The number of nitrogens with one attached hydrogen (secondary N) is 7. The molecule has 0 spiro atoms. The van der Waals surface area contributed by atoms with Crippen molar-refractivity contribution in [3.63, 3.8) is 0 Å². The van der Waals surface area contributed by atoms with Gasteiger partial charge >= 0.3 is 0 Å². The number of amides is 7. The van der Waals surface area contributed by atoms with Gasteiger partial charge in [-0.2, -0.15) is 35.7 Å². The number of hydrogen-bond donors (Lipinski definition) is 16. The third-order valence-corrected chi connectivity index (χ3v) is 27.4. The van der Waals surface area contributed by atoms with E-state index in [0.29, 0.717) is 103 Å². The van der Waals surface area contributed by atoms with E-state index in [4.69, 9.17) is 0 Å². The summed E-state index contributed by atoms with van der Waals surface area (Å²) in [6, 6.07) is 69.5. The number of halogens is 16. The predicted molar refractivity (Wildman–Crippen MR) is 639 cm³/mol. The van der Waals surface area contributed by atoms with E-state index in [-0.39, 0.29) is 99.8 Å². The number of nitrogens with zero attached hydrogens (tertiary/aromatic N) is 7. The van der Waals surface area contributed by atoms with Crippen LogP contribution in [0, 0.1) is 27.7 Å². The number of hydrazone groups is 7. The first-order valence-corrected chi connectivity index (χ1v) is 54.3. The molecule has 0 radical (unpaired) electrons. The van der Waals surface area contributed by atoms with Crippen LogP contribution in [0.15, 0.2) is 356 Å². The van der Waals surface area contributed by atoms with Crippen molar-refractivity contribution in [1.29, 1.82) is 0 Å². The van der Waals surface area contributed by atoms with Crippen LogP contribution in [0.2, 0.25) is 0 Å². The van der Waals surface area contributed by atoms with Crippen LogP contribution >= 0.6 is 255 Å². The highest BCUT2D eigenvalue weighted by Crippen LogP contribution is 2.35. The largest absolute Gasteiger partial charge is 0.507 e. The zero-order valence-corrected chi connectivity index (χ0v) is 102. The minimum absolute atomic E-state index is 0. The molecule has 16 N–H and O–H groups in total. The van der Waals surface area contributed by atoms with Gasteiger partial charge in [0.15, 0.2) is 0 Å². The van der Waals surface area contributed by atoms with Crippen molar-refractivity contribution < 1.29 is 79.5 Å². The van der Waals surface area contributed by atoms with Gasteiger partial charge in [-0.1, -0.05) is 197 Å². The number of carbonyl (C=O) groups excluding carboxylic acids is 7. The van der Waals surface area contributed by atoms with Gasteiger partial charge in [-0.05, 0) is 364 Å². The van der Waals surface area contributed by atoms with Gasteiger partial charge < -0.3 is 46.0 Å². The van der Waals surface area contributed by atoms with Crippen LogP contribution < -0.4 is 38.0 Å². The molecule has 0 unspecified atom stereocenters. The maximum atomic E-state index is 12.0. The molecule has 0 aliphatic rings. The molecule has 0 aromatic heterocycles. The van der Waals surface area contributed by atoms with Crippen molar-refractivity contribution in [3.05, 3.63) is 420 Å². The van der Waals surface area contributed by atoms with Crippen molar-refractivity contribution in [2.24, 2.45) is 35.7 Å². The van der Waals surface area contributed by atoms with Crippen molar-refractivity contribution in [3.8, 4) is 51.7 Å². The summed E-state index contributed by atoms with van der Waals surface area (Å²) in [6.45, 7) is 7.56. The smallest absolute Gasteiger partial charge is 0.275 e. The lowest BCUT2D eigenvalue weighted by atomic mass is 10.1. The summed E-state index contributed by atoms with van der Waals surface area (Å²) >= 11 is 52.5. The molecule has 770 valence electrons. The molecule has 0 atom stereocenters. The molecule has 46 heteroatoms. The molecule has 0 saturated carbocycles. The number of phenols is 9. The van der Waals surface area contributed by atoms with Gasteiger partial charge in [0.2, 0.25) is 0 Å². The van der Waals surface area contributed by atoms with E-state index >= 15 is 0 Å². The molecular weight excluding hydrogens is 2970 g/mol. The Morgan fingerprint density at radius 2 is 0.503 bits per heavy atom. The summed E-state index contributed by atoms with van der Waals surface area (Å²) in [4.78, 5) is 83.7. The lowest BCUT2D eigenvalue weighted by Crippen LogP contribution is -2.18. The first-order chi connectivity index (χ1) is 70.2. The summed E-state index contributed by atoms with van der Waals surface area (Å²) in [7, 11) is 0. The Hall–Kier alpha value is -11.1. The summed E-state index contributed by atoms with van der Waals surface area (Å²) in [5.41, 5.74) is 26.6. The molecule has 0 aliphatic carbocycles. The molecule has 30 nitrogen and oxygen atoms in total. The molecule has 14 aromatic rings. The van der Waals surface area contributed by atoms with Crippen molar-refractivity contribution in [2.75, 3.05) is 0 Å². The molecule has 0 bridgehead atoms. The van der Waals surface area contributed by atoms with E-state index in [2.05, 4.69) is 329 Å². The lowest BCUT2D eigenvalue weighted by Gasteiger charge is -2.05. The molecule has 14 aromatic carbocycles. The SMILES string of the molecule is C.Cc1cc(Br)c(O)c(/C=N/NC(=O)c2cccc(Br)c2)c1.Cc1cc(Br)c(O)c(/C=N/NC(=O)c2ccccc2C)c1.Cc1ccc(/C=N/NC(=O)c2cc(Br)ccc2Br)c(O)c1.O=C(N/N=C/c1cc(Br)cc(Br)c1O)c1cc(Br)ccc1O.O=C(N/N=C/c1cc(Br)ccc1O)c1cc(Br)ccc1Br.O=C(N/N=C/c1cc(Br)ccc1O)c1cc(Br)ccc1O.O=C(N/N=C/c1cc(Br)ccc1O)c1ccc(Br)cc1Br.